The number of carbonyl (C=O) groups excluding carboxylic acids is 1. The molecule has 0 heterocycles. The van der Waals surface area contributed by atoms with Gasteiger partial charge in [-0.25, -0.2) is 0 Å². The third-order valence-electron chi connectivity index (χ3n) is 5.23. The zero-order valence-electron chi connectivity index (χ0n) is 10.9. The number of hydrogen-bond donors (Lipinski definition) is 0. The average molecular weight is 236 g/mol. The van der Waals surface area contributed by atoms with Gasteiger partial charge >= 0.3 is 5.97 Å². The molecule has 4 rings (SSSR count). The van der Waals surface area contributed by atoms with Gasteiger partial charge in [0.05, 0.1) is 12.0 Å². The molecule has 0 aromatic heterocycles. The third kappa shape index (κ3) is 2.00. The fraction of sp³-hybridized carbons (Fsp3) is 0.933. The molecule has 2 nitrogen and oxygen atoms in total. The average Bonchev–Trinajstić information content (AvgIpc) is 2.53. The van der Waals surface area contributed by atoms with Crippen LogP contribution in [0.25, 0.3) is 0 Å². The summed E-state index contributed by atoms with van der Waals surface area (Å²) in [6.07, 6.45) is 9.83. The summed E-state index contributed by atoms with van der Waals surface area (Å²) >= 11 is 0. The van der Waals surface area contributed by atoms with Crippen molar-refractivity contribution >= 4 is 5.97 Å². The van der Waals surface area contributed by atoms with Crippen LogP contribution >= 0.6 is 0 Å². The molecule has 2 heteroatoms. The van der Waals surface area contributed by atoms with Gasteiger partial charge in [0.15, 0.2) is 0 Å². The van der Waals surface area contributed by atoms with Crippen molar-refractivity contribution in [2.45, 2.75) is 58.3 Å². The minimum atomic E-state index is -0.0673. The lowest BCUT2D eigenvalue weighted by Gasteiger charge is -2.46. The Bertz CT molecular complexity index is 294. The highest BCUT2D eigenvalue weighted by atomic mass is 16.5. The minimum Gasteiger partial charge on any atom is -0.465 e. The Balaban J connectivity index is 1.79. The molecule has 0 aliphatic heterocycles. The highest BCUT2D eigenvalue weighted by Crippen LogP contribution is 2.58. The van der Waals surface area contributed by atoms with Gasteiger partial charge in [0.1, 0.15) is 0 Å². The van der Waals surface area contributed by atoms with Crippen molar-refractivity contribution in [1.82, 2.24) is 0 Å². The zero-order valence-corrected chi connectivity index (χ0v) is 10.9. The van der Waals surface area contributed by atoms with E-state index in [1.807, 2.05) is 0 Å². The number of carbonyl (C=O) groups is 1. The van der Waals surface area contributed by atoms with E-state index >= 15 is 0 Å². The molecule has 0 saturated heterocycles. The smallest absolute Gasteiger partial charge is 0.312 e. The summed E-state index contributed by atoms with van der Waals surface area (Å²) in [7, 11) is 0. The van der Waals surface area contributed by atoms with Crippen LogP contribution in [-0.4, -0.2) is 12.6 Å². The molecular formula is C15H24O2. The fourth-order valence-corrected chi connectivity index (χ4v) is 4.79. The standard InChI is InChI=1S/C15H24O2/c1-2-5-17-14(16)15-8-11-3-4-12(9-15)7-13(6-11)10-15/h11-13H,2-10H2,1H3. The maximum absolute atomic E-state index is 12.4. The molecule has 0 radical (unpaired) electrons. The largest absolute Gasteiger partial charge is 0.465 e. The monoisotopic (exact) mass is 236 g/mol. The molecule has 2 atom stereocenters. The SMILES string of the molecule is CCCOC(=O)C12CC3CCC(CC(C3)C1)C2. The highest BCUT2D eigenvalue weighted by Gasteiger charge is 2.53. The molecule has 0 aromatic carbocycles. The van der Waals surface area contributed by atoms with Crippen molar-refractivity contribution < 1.29 is 9.53 Å². The molecule has 4 saturated carbocycles. The van der Waals surface area contributed by atoms with Crippen molar-refractivity contribution in [1.29, 1.82) is 0 Å². The maximum Gasteiger partial charge on any atom is 0.312 e. The number of hydrogen-bond acceptors (Lipinski definition) is 2. The van der Waals surface area contributed by atoms with Crippen molar-refractivity contribution in [3.8, 4) is 0 Å². The molecule has 4 fully saturated rings. The van der Waals surface area contributed by atoms with Crippen molar-refractivity contribution in [3.05, 3.63) is 0 Å². The van der Waals surface area contributed by atoms with Crippen LogP contribution < -0.4 is 0 Å². The van der Waals surface area contributed by atoms with Gasteiger partial charge in [-0.3, -0.25) is 4.79 Å². The first-order valence-electron chi connectivity index (χ1n) is 7.39. The molecule has 0 N–H and O–H groups in total. The Labute approximate surface area is 104 Å². The van der Waals surface area contributed by atoms with E-state index < -0.39 is 0 Å². The van der Waals surface area contributed by atoms with Crippen molar-refractivity contribution in [3.63, 3.8) is 0 Å². The van der Waals surface area contributed by atoms with Crippen LogP contribution in [-0.2, 0) is 9.53 Å². The summed E-state index contributed by atoms with van der Waals surface area (Å²) in [4.78, 5) is 12.4. The predicted molar refractivity (Wildman–Crippen MR) is 66.5 cm³/mol. The van der Waals surface area contributed by atoms with Gasteiger partial charge < -0.3 is 4.74 Å². The van der Waals surface area contributed by atoms with Gasteiger partial charge in [-0.1, -0.05) is 19.8 Å². The summed E-state index contributed by atoms with van der Waals surface area (Å²) in [6.45, 7) is 2.68. The van der Waals surface area contributed by atoms with Crippen LogP contribution in [0, 0.1) is 23.2 Å². The zero-order chi connectivity index (χ0) is 11.9. The Morgan fingerprint density at radius 1 is 1.12 bits per heavy atom. The topological polar surface area (TPSA) is 26.3 Å². The van der Waals surface area contributed by atoms with Crippen LogP contribution in [0.3, 0.4) is 0 Å². The first kappa shape index (κ1) is 11.6. The molecule has 4 bridgehead atoms. The van der Waals surface area contributed by atoms with E-state index in [1.54, 1.807) is 0 Å². The van der Waals surface area contributed by atoms with Crippen LogP contribution in [0.5, 0.6) is 0 Å². The molecule has 17 heavy (non-hydrogen) atoms. The molecule has 2 unspecified atom stereocenters. The van der Waals surface area contributed by atoms with Gasteiger partial charge in [-0.15, -0.1) is 0 Å². The molecule has 0 amide bonds. The van der Waals surface area contributed by atoms with Crippen molar-refractivity contribution in [2.75, 3.05) is 6.61 Å². The number of rotatable bonds is 3. The number of esters is 1. The van der Waals surface area contributed by atoms with Crippen LogP contribution in [0.4, 0.5) is 0 Å². The summed E-state index contributed by atoms with van der Waals surface area (Å²) in [6, 6.07) is 0. The van der Waals surface area contributed by atoms with E-state index in [0.717, 1.165) is 43.4 Å². The van der Waals surface area contributed by atoms with E-state index in [1.165, 1.54) is 25.7 Å². The molecule has 4 aliphatic carbocycles. The van der Waals surface area contributed by atoms with Crippen LogP contribution in [0.2, 0.25) is 0 Å². The number of fused-ring (bicyclic) bond motifs is 1. The highest BCUT2D eigenvalue weighted by molar-refractivity contribution is 5.77. The summed E-state index contributed by atoms with van der Waals surface area (Å²) in [5, 5.41) is 0. The molecule has 4 aliphatic rings. The van der Waals surface area contributed by atoms with E-state index in [4.69, 9.17) is 4.74 Å². The van der Waals surface area contributed by atoms with Crippen molar-refractivity contribution in [2.24, 2.45) is 23.2 Å². The summed E-state index contributed by atoms with van der Waals surface area (Å²) in [5.74, 6) is 2.59. The first-order valence-corrected chi connectivity index (χ1v) is 7.39. The lowest BCUT2D eigenvalue weighted by molar-refractivity contribution is -0.164. The predicted octanol–water partition coefficient (Wildman–Crippen LogP) is 3.55. The van der Waals surface area contributed by atoms with Gasteiger partial charge in [0, 0.05) is 0 Å². The lowest BCUT2D eigenvalue weighted by atomic mass is 9.58. The second kappa shape index (κ2) is 4.29. The second-order valence-electron chi connectivity index (χ2n) is 6.68. The quantitative estimate of drug-likeness (QED) is 0.700. The number of ether oxygens (including phenoxy) is 1. The van der Waals surface area contributed by atoms with E-state index in [9.17, 15) is 4.79 Å². The van der Waals surface area contributed by atoms with E-state index in [-0.39, 0.29) is 11.4 Å². The fourth-order valence-electron chi connectivity index (χ4n) is 4.79. The van der Waals surface area contributed by atoms with E-state index in [2.05, 4.69) is 6.92 Å². The van der Waals surface area contributed by atoms with Gasteiger partial charge in [-0.2, -0.15) is 0 Å². The summed E-state index contributed by atoms with van der Waals surface area (Å²) < 4.78 is 5.49. The lowest BCUT2D eigenvalue weighted by Crippen LogP contribution is -2.44. The minimum absolute atomic E-state index is 0.0673. The summed E-state index contributed by atoms with van der Waals surface area (Å²) in [5.41, 5.74) is -0.0673. The first-order chi connectivity index (χ1) is 8.22. The Morgan fingerprint density at radius 2 is 1.71 bits per heavy atom. The van der Waals surface area contributed by atoms with Crippen LogP contribution in [0.15, 0.2) is 0 Å². The Hall–Kier alpha value is -0.530. The third-order valence-corrected chi connectivity index (χ3v) is 5.23. The van der Waals surface area contributed by atoms with Gasteiger partial charge in [0.2, 0.25) is 0 Å². The van der Waals surface area contributed by atoms with Gasteiger partial charge in [-0.05, 0) is 56.3 Å². The Morgan fingerprint density at radius 3 is 2.29 bits per heavy atom. The molecule has 0 spiro atoms. The molecular weight excluding hydrogens is 212 g/mol. The van der Waals surface area contributed by atoms with Gasteiger partial charge in [0.25, 0.3) is 0 Å². The van der Waals surface area contributed by atoms with E-state index in [0.29, 0.717) is 6.61 Å². The molecule has 0 aromatic rings. The second-order valence-corrected chi connectivity index (χ2v) is 6.68. The Kier molecular flexibility index (Phi) is 2.92. The molecule has 96 valence electrons. The van der Waals surface area contributed by atoms with Crippen LogP contribution in [0.1, 0.15) is 58.3 Å². The normalized spacial score (nSPS) is 43.5. The maximum atomic E-state index is 12.4.